The molecule has 3 rings (SSSR count). The van der Waals surface area contributed by atoms with E-state index in [0.29, 0.717) is 17.8 Å². The van der Waals surface area contributed by atoms with Gasteiger partial charge in [-0.15, -0.1) is 0 Å². The number of hydrogen-bond donors (Lipinski definition) is 4. The van der Waals surface area contributed by atoms with Gasteiger partial charge in [0.05, 0.1) is 29.9 Å². The predicted octanol–water partition coefficient (Wildman–Crippen LogP) is 6.65. The minimum absolute atomic E-state index is 0.0585. The molecule has 0 spiro atoms. The minimum atomic E-state index is -1.15. The molecule has 0 fully saturated rings. The fraction of sp³-hybridized carbons (Fsp3) is 0.294. The second-order valence-corrected chi connectivity index (χ2v) is 10.3. The highest BCUT2D eigenvalue weighted by Gasteiger charge is 2.31. The fourth-order valence-corrected chi connectivity index (χ4v) is 5.12. The number of hydrogen-bond acceptors (Lipinski definition) is 4. The standard InChI is InChI=1S/C34H40N2O5/c1-5-13-25(14-6-2)33-30(24-15-9-7-10-16-24)31(34(41)35-26-17-11-8-12-18-26)32(23(3)4)36(33)20-19-27(37)21-28(38)22-29(39)40/h5-18,23,27-28,37-38H,1,19-22H2,2-4H3,(H,35,41)(H,39,40)/b14-6-,25-13+. The third-order valence-corrected chi connectivity index (χ3v) is 6.73. The first-order chi connectivity index (χ1) is 19.7. The normalized spacial score (nSPS) is 13.4. The lowest BCUT2D eigenvalue weighted by Crippen LogP contribution is -2.23. The SMILES string of the molecule is C=C/C=C(\C=C/C)c1c(-c2ccccc2)c(C(=O)Nc2ccccc2)c(C(C)C)n1CCC(O)CC(O)CC(=O)O. The Morgan fingerprint density at radius 2 is 1.63 bits per heavy atom. The van der Waals surface area contributed by atoms with Crippen molar-refractivity contribution in [2.45, 2.75) is 64.7 Å². The van der Waals surface area contributed by atoms with E-state index in [2.05, 4.69) is 16.5 Å². The number of benzene rings is 2. The number of rotatable bonds is 14. The number of amides is 1. The molecule has 0 aliphatic carbocycles. The van der Waals surface area contributed by atoms with Crippen molar-refractivity contribution in [1.82, 2.24) is 4.57 Å². The summed E-state index contributed by atoms with van der Waals surface area (Å²) in [5, 5.41) is 32.9. The molecule has 2 unspecified atom stereocenters. The maximum absolute atomic E-state index is 14.1. The second kappa shape index (κ2) is 15.0. The molecule has 1 heterocycles. The average molecular weight is 557 g/mol. The molecule has 0 aliphatic rings. The van der Waals surface area contributed by atoms with Gasteiger partial charge >= 0.3 is 5.97 Å². The summed E-state index contributed by atoms with van der Waals surface area (Å²) in [6, 6.07) is 19.1. The molecule has 2 aromatic carbocycles. The van der Waals surface area contributed by atoms with Crippen molar-refractivity contribution in [3.8, 4) is 11.1 Å². The van der Waals surface area contributed by atoms with E-state index < -0.39 is 24.6 Å². The third kappa shape index (κ3) is 8.16. The largest absolute Gasteiger partial charge is 0.481 e. The van der Waals surface area contributed by atoms with Crippen LogP contribution in [0.5, 0.6) is 0 Å². The predicted molar refractivity (Wildman–Crippen MR) is 165 cm³/mol. The number of aliphatic hydroxyl groups excluding tert-OH is 2. The van der Waals surface area contributed by atoms with E-state index in [0.717, 1.165) is 28.1 Å². The summed E-state index contributed by atoms with van der Waals surface area (Å²) in [4.78, 5) is 25.1. The molecule has 2 atom stereocenters. The van der Waals surface area contributed by atoms with E-state index in [4.69, 9.17) is 5.11 Å². The molecule has 4 N–H and O–H groups in total. The number of nitrogens with one attached hydrogen (secondary N) is 1. The Morgan fingerprint density at radius 3 is 2.20 bits per heavy atom. The molecule has 3 aromatic rings. The molecule has 41 heavy (non-hydrogen) atoms. The summed E-state index contributed by atoms with van der Waals surface area (Å²) >= 11 is 0. The van der Waals surface area contributed by atoms with Crippen LogP contribution in [0.25, 0.3) is 16.7 Å². The van der Waals surface area contributed by atoms with E-state index >= 15 is 0 Å². The number of allylic oxidation sites excluding steroid dienone is 5. The Kier molecular flexibility index (Phi) is 11.4. The first-order valence-corrected chi connectivity index (χ1v) is 13.9. The maximum atomic E-state index is 14.1. The van der Waals surface area contributed by atoms with E-state index in [-0.39, 0.29) is 24.7 Å². The second-order valence-electron chi connectivity index (χ2n) is 10.3. The fourth-order valence-electron chi connectivity index (χ4n) is 5.12. The highest BCUT2D eigenvalue weighted by Crippen LogP contribution is 2.41. The van der Waals surface area contributed by atoms with Crippen LogP contribution in [-0.4, -0.2) is 44.0 Å². The molecule has 0 radical (unpaired) electrons. The number of aromatic nitrogens is 1. The Balaban J connectivity index is 2.26. The molecule has 0 saturated carbocycles. The molecule has 0 saturated heterocycles. The third-order valence-electron chi connectivity index (χ3n) is 6.73. The lowest BCUT2D eigenvalue weighted by Gasteiger charge is -2.20. The zero-order valence-corrected chi connectivity index (χ0v) is 24.0. The molecule has 7 heteroatoms. The highest BCUT2D eigenvalue weighted by molar-refractivity contribution is 6.12. The Morgan fingerprint density at radius 1 is 1.00 bits per heavy atom. The van der Waals surface area contributed by atoms with Crippen LogP contribution in [0.4, 0.5) is 5.69 Å². The van der Waals surface area contributed by atoms with Gasteiger partial charge in [0, 0.05) is 23.5 Å². The monoisotopic (exact) mass is 556 g/mol. The Bertz CT molecular complexity index is 1390. The van der Waals surface area contributed by atoms with Gasteiger partial charge in [0.15, 0.2) is 0 Å². The lowest BCUT2D eigenvalue weighted by molar-refractivity contribution is -0.139. The van der Waals surface area contributed by atoms with Gasteiger partial charge in [0.25, 0.3) is 5.91 Å². The van der Waals surface area contributed by atoms with Gasteiger partial charge in [-0.25, -0.2) is 0 Å². The summed E-state index contributed by atoms with van der Waals surface area (Å²) in [5.74, 6) is -1.42. The smallest absolute Gasteiger partial charge is 0.305 e. The number of nitrogens with zero attached hydrogens (tertiary/aromatic N) is 1. The maximum Gasteiger partial charge on any atom is 0.305 e. The Labute approximate surface area is 242 Å². The van der Waals surface area contributed by atoms with Gasteiger partial charge in [0.1, 0.15) is 0 Å². The van der Waals surface area contributed by atoms with Crippen LogP contribution in [0.3, 0.4) is 0 Å². The first-order valence-electron chi connectivity index (χ1n) is 13.9. The number of aliphatic carboxylic acids is 1. The number of para-hydroxylation sites is 1. The summed E-state index contributed by atoms with van der Waals surface area (Å²) in [6.07, 6.45) is 5.18. The molecule has 1 amide bonds. The van der Waals surface area contributed by atoms with E-state index in [1.165, 1.54) is 0 Å². The van der Waals surface area contributed by atoms with Crippen LogP contribution in [0.1, 0.15) is 67.7 Å². The zero-order chi connectivity index (χ0) is 29.9. The van der Waals surface area contributed by atoms with Crippen molar-refractivity contribution in [3.05, 3.63) is 108 Å². The van der Waals surface area contributed by atoms with E-state index in [1.54, 1.807) is 6.08 Å². The molecule has 0 aliphatic heterocycles. The van der Waals surface area contributed by atoms with E-state index in [1.807, 2.05) is 99.7 Å². The van der Waals surface area contributed by atoms with Crippen molar-refractivity contribution < 1.29 is 24.9 Å². The van der Waals surface area contributed by atoms with Crippen molar-refractivity contribution >= 4 is 23.1 Å². The van der Waals surface area contributed by atoms with E-state index in [9.17, 15) is 19.8 Å². The average Bonchev–Trinajstić information content (AvgIpc) is 3.28. The van der Waals surface area contributed by atoms with Gasteiger partial charge in [0.2, 0.25) is 0 Å². The molecular formula is C34H40N2O5. The van der Waals surface area contributed by atoms with Gasteiger partial charge < -0.3 is 25.2 Å². The molecule has 1 aromatic heterocycles. The van der Waals surface area contributed by atoms with Crippen LogP contribution in [0.2, 0.25) is 0 Å². The lowest BCUT2D eigenvalue weighted by atomic mass is 9.94. The van der Waals surface area contributed by atoms with Crippen LogP contribution in [0.15, 0.2) is 91.5 Å². The summed E-state index contributed by atoms with van der Waals surface area (Å²) in [7, 11) is 0. The highest BCUT2D eigenvalue weighted by atomic mass is 16.4. The van der Waals surface area contributed by atoms with Gasteiger partial charge in [-0.1, -0.05) is 93.3 Å². The van der Waals surface area contributed by atoms with Gasteiger partial charge in [-0.05, 0) is 49.0 Å². The number of anilines is 1. The van der Waals surface area contributed by atoms with Crippen LogP contribution in [0, 0.1) is 0 Å². The van der Waals surface area contributed by atoms with Crippen LogP contribution in [-0.2, 0) is 11.3 Å². The molecule has 216 valence electrons. The van der Waals surface area contributed by atoms with Crippen molar-refractivity contribution in [3.63, 3.8) is 0 Å². The number of carboxylic acid groups (broad SMARTS) is 1. The van der Waals surface area contributed by atoms with Gasteiger partial charge in [-0.2, -0.15) is 0 Å². The quantitative estimate of drug-likeness (QED) is 0.166. The summed E-state index contributed by atoms with van der Waals surface area (Å²) < 4.78 is 2.08. The number of aliphatic hydroxyl groups is 2. The molecular weight excluding hydrogens is 516 g/mol. The first kappa shape index (κ1) is 31.3. The number of carboxylic acids is 1. The van der Waals surface area contributed by atoms with Crippen molar-refractivity contribution in [2.75, 3.05) is 5.32 Å². The van der Waals surface area contributed by atoms with Crippen LogP contribution >= 0.6 is 0 Å². The van der Waals surface area contributed by atoms with Crippen molar-refractivity contribution in [2.24, 2.45) is 0 Å². The number of carbonyl (C=O) groups is 2. The van der Waals surface area contributed by atoms with Crippen molar-refractivity contribution in [1.29, 1.82) is 0 Å². The zero-order valence-electron chi connectivity index (χ0n) is 24.0. The Hall–Kier alpha value is -4.20. The summed E-state index contributed by atoms with van der Waals surface area (Å²) in [5.41, 5.74) is 5.35. The van der Waals surface area contributed by atoms with Gasteiger partial charge in [-0.3, -0.25) is 9.59 Å². The topological polar surface area (TPSA) is 112 Å². The minimum Gasteiger partial charge on any atom is -0.481 e. The number of carbonyl (C=O) groups excluding carboxylic acids is 1. The molecule has 0 bridgehead atoms. The van der Waals surface area contributed by atoms with Crippen LogP contribution < -0.4 is 5.32 Å². The molecule has 7 nitrogen and oxygen atoms in total. The summed E-state index contributed by atoms with van der Waals surface area (Å²) in [6.45, 7) is 10.2.